The zero-order chi connectivity index (χ0) is 10.7. The highest BCUT2D eigenvalue weighted by Crippen LogP contribution is 2.22. The molecule has 2 rings (SSSR count). The van der Waals surface area contributed by atoms with Crippen molar-refractivity contribution in [2.45, 2.75) is 6.42 Å². The third kappa shape index (κ3) is 1.92. The molecule has 0 spiro atoms. The summed E-state index contributed by atoms with van der Waals surface area (Å²) < 4.78 is 5.17. The van der Waals surface area contributed by atoms with Crippen molar-refractivity contribution in [3.63, 3.8) is 0 Å². The molecule has 0 atom stereocenters. The van der Waals surface area contributed by atoms with E-state index in [1.54, 1.807) is 13.3 Å². The van der Waals surface area contributed by atoms with Crippen molar-refractivity contribution in [3.8, 4) is 5.75 Å². The second-order valence-electron chi connectivity index (χ2n) is 3.32. The molecule has 0 amide bonds. The third-order valence-corrected chi connectivity index (χ3v) is 2.40. The first-order chi connectivity index (χ1) is 7.35. The molecular weight excluding hydrogens is 190 g/mol. The van der Waals surface area contributed by atoms with Crippen LogP contribution >= 0.6 is 0 Å². The predicted molar refractivity (Wildman–Crippen MR) is 59.1 cm³/mol. The number of aliphatic hydroxyl groups is 1. The highest BCUT2D eigenvalue weighted by Gasteiger charge is 2.03. The van der Waals surface area contributed by atoms with E-state index in [0.717, 1.165) is 22.2 Å². The fraction of sp³-hybridized carbons (Fsp3) is 0.250. The van der Waals surface area contributed by atoms with Crippen molar-refractivity contribution < 1.29 is 9.84 Å². The Morgan fingerprint density at radius 1 is 1.33 bits per heavy atom. The summed E-state index contributed by atoms with van der Waals surface area (Å²) in [7, 11) is 1.64. The van der Waals surface area contributed by atoms with Crippen molar-refractivity contribution in [1.29, 1.82) is 0 Å². The average Bonchev–Trinajstić information content (AvgIpc) is 2.29. The number of hydrogen-bond acceptors (Lipinski definition) is 3. The molecule has 0 aliphatic heterocycles. The maximum Gasteiger partial charge on any atom is 0.119 e. The van der Waals surface area contributed by atoms with Gasteiger partial charge in [-0.05, 0) is 23.6 Å². The number of aromatic nitrogens is 1. The number of methoxy groups -OCH3 is 1. The first-order valence-corrected chi connectivity index (χ1v) is 4.87. The SMILES string of the molecule is COc1ccc2ccnc(CCO)c2c1. The van der Waals surface area contributed by atoms with Gasteiger partial charge in [0, 0.05) is 24.6 Å². The number of benzene rings is 1. The largest absolute Gasteiger partial charge is 0.497 e. The Morgan fingerprint density at radius 2 is 2.20 bits per heavy atom. The van der Waals surface area contributed by atoms with E-state index >= 15 is 0 Å². The second-order valence-corrected chi connectivity index (χ2v) is 3.32. The first kappa shape index (κ1) is 9.93. The predicted octanol–water partition coefficient (Wildman–Crippen LogP) is 1.78. The Kier molecular flexibility index (Phi) is 2.83. The van der Waals surface area contributed by atoms with Gasteiger partial charge in [0.1, 0.15) is 5.75 Å². The van der Waals surface area contributed by atoms with Gasteiger partial charge in [-0.1, -0.05) is 6.07 Å². The van der Waals surface area contributed by atoms with Gasteiger partial charge in [-0.15, -0.1) is 0 Å². The van der Waals surface area contributed by atoms with Crippen LogP contribution in [-0.2, 0) is 6.42 Å². The molecule has 1 heterocycles. The van der Waals surface area contributed by atoms with Gasteiger partial charge >= 0.3 is 0 Å². The maximum atomic E-state index is 8.93. The normalized spacial score (nSPS) is 10.5. The lowest BCUT2D eigenvalue weighted by Crippen LogP contribution is -1.95. The van der Waals surface area contributed by atoms with E-state index in [1.807, 2.05) is 24.3 Å². The zero-order valence-electron chi connectivity index (χ0n) is 8.60. The average molecular weight is 203 g/mol. The minimum absolute atomic E-state index is 0.114. The van der Waals surface area contributed by atoms with Gasteiger partial charge in [0.15, 0.2) is 0 Å². The van der Waals surface area contributed by atoms with Crippen molar-refractivity contribution >= 4 is 10.8 Å². The fourth-order valence-electron chi connectivity index (χ4n) is 1.64. The minimum atomic E-state index is 0.114. The summed E-state index contributed by atoms with van der Waals surface area (Å²) in [6.07, 6.45) is 2.34. The minimum Gasteiger partial charge on any atom is -0.497 e. The van der Waals surface area contributed by atoms with Gasteiger partial charge < -0.3 is 9.84 Å². The molecule has 2 aromatic rings. The number of pyridine rings is 1. The molecule has 0 saturated heterocycles. The molecule has 0 aliphatic carbocycles. The van der Waals surface area contributed by atoms with E-state index in [9.17, 15) is 0 Å². The van der Waals surface area contributed by atoms with Crippen LogP contribution in [0.15, 0.2) is 30.5 Å². The quantitative estimate of drug-likeness (QED) is 0.826. The summed E-state index contributed by atoms with van der Waals surface area (Å²) in [5.74, 6) is 0.815. The Balaban J connectivity index is 2.59. The van der Waals surface area contributed by atoms with Gasteiger partial charge in [0.05, 0.1) is 12.8 Å². The lowest BCUT2D eigenvalue weighted by Gasteiger charge is -2.06. The monoisotopic (exact) mass is 203 g/mol. The lowest BCUT2D eigenvalue weighted by atomic mass is 10.1. The number of ether oxygens (including phenoxy) is 1. The van der Waals surface area contributed by atoms with Crippen molar-refractivity contribution in [2.24, 2.45) is 0 Å². The molecule has 3 heteroatoms. The number of fused-ring (bicyclic) bond motifs is 1. The Hall–Kier alpha value is -1.61. The number of hydrogen-bond donors (Lipinski definition) is 1. The fourth-order valence-corrected chi connectivity index (χ4v) is 1.64. The van der Waals surface area contributed by atoms with Crippen LogP contribution in [0.4, 0.5) is 0 Å². The molecule has 1 aromatic carbocycles. The summed E-state index contributed by atoms with van der Waals surface area (Å²) in [5.41, 5.74) is 0.911. The smallest absolute Gasteiger partial charge is 0.119 e. The van der Waals surface area contributed by atoms with E-state index in [2.05, 4.69) is 4.98 Å². The summed E-state index contributed by atoms with van der Waals surface area (Å²) in [5, 5.41) is 11.1. The Morgan fingerprint density at radius 3 is 2.93 bits per heavy atom. The van der Waals surface area contributed by atoms with Crippen molar-refractivity contribution in [3.05, 3.63) is 36.2 Å². The lowest BCUT2D eigenvalue weighted by molar-refractivity contribution is 0.298. The molecule has 0 saturated carbocycles. The van der Waals surface area contributed by atoms with Gasteiger partial charge in [-0.25, -0.2) is 0 Å². The number of aliphatic hydroxyl groups excluding tert-OH is 1. The van der Waals surface area contributed by atoms with Crippen LogP contribution in [0.2, 0.25) is 0 Å². The molecule has 0 unspecified atom stereocenters. The van der Waals surface area contributed by atoms with Crippen LogP contribution in [0.3, 0.4) is 0 Å². The maximum absolute atomic E-state index is 8.93. The molecule has 3 nitrogen and oxygen atoms in total. The molecule has 0 bridgehead atoms. The van der Waals surface area contributed by atoms with Gasteiger partial charge in [-0.3, -0.25) is 4.98 Å². The molecule has 1 N–H and O–H groups in total. The van der Waals surface area contributed by atoms with E-state index in [0.29, 0.717) is 6.42 Å². The van der Waals surface area contributed by atoms with Crippen LogP contribution in [0, 0.1) is 0 Å². The molecule has 0 fully saturated rings. The van der Waals surface area contributed by atoms with Crippen molar-refractivity contribution in [1.82, 2.24) is 4.98 Å². The highest BCUT2D eigenvalue weighted by molar-refractivity contribution is 5.85. The standard InChI is InChI=1S/C12H13NO2/c1-15-10-3-2-9-4-6-13-12(5-7-14)11(9)8-10/h2-4,6,8,14H,5,7H2,1H3. The first-order valence-electron chi connectivity index (χ1n) is 4.87. The van der Waals surface area contributed by atoms with Gasteiger partial charge in [0.25, 0.3) is 0 Å². The van der Waals surface area contributed by atoms with Crippen LogP contribution < -0.4 is 4.74 Å². The third-order valence-electron chi connectivity index (χ3n) is 2.40. The molecule has 1 aromatic heterocycles. The van der Waals surface area contributed by atoms with Crippen LogP contribution in [0.25, 0.3) is 10.8 Å². The highest BCUT2D eigenvalue weighted by atomic mass is 16.5. The summed E-state index contributed by atoms with van der Waals surface area (Å²) >= 11 is 0. The Labute approximate surface area is 88.3 Å². The Bertz CT molecular complexity index is 468. The van der Waals surface area contributed by atoms with E-state index in [4.69, 9.17) is 9.84 Å². The van der Waals surface area contributed by atoms with Crippen molar-refractivity contribution in [2.75, 3.05) is 13.7 Å². The summed E-state index contributed by atoms with van der Waals surface area (Å²) in [6.45, 7) is 0.114. The second kappa shape index (κ2) is 4.28. The van der Waals surface area contributed by atoms with Crippen LogP contribution in [-0.4, -0.2) is 23.8 Å². The van der Waals surface area contributed by atoms with E-state index < -0.39 is 0 Å². The van der Waals surface area contributed by atoms with Crippen LogP contribution in [0.1, 0.15) is 5.69 Å². The number of nitrogens with zero attached hydrogens (tertiary/aromatic N) is 1. The molecular formula is C12H13NO2. The summed E-state index contributed by atoms with van der Waals surface area (Å²) in [6, 6.07) is 7.82. The van der Waals surface area contributed by atoms with Gasteiger partial charge in [0.2, 0.25) is 0 Å². The molecule has 78 valence electrons. The van der Waals surface area contributed by atoms with E-state index in [-0.39, 0.29) is 6.61 Å². The van der Waals surface area contributed by atoms with Crippen LogP contribution in [0.5, 0.6) is 5.75 Å². The zero-order valence-corrected chi connectivity index (χ0v) is 8.60. The number of rotatable bonds is 3. The van der Waals surface area contributed by atoms with E-state index in [1.165, 1.54) is 0 Å². The molecule has 0 aliphatic rings. The summed E-state index contributed by atoms with van der Waals surface area (Å²) in [4.78, 5) is 4.26. The van der Waals surface area contributed by atoms with Gasteiger partial charge in [-0.2, -0.15) is 0 Å². The molecule has 0 radical (unpaired) electrons. The topological polar surface area (TPSA) is 42.4 Å². The molecule has 15 heavy (non-hydrogen) atoms.